The first-order valence-electron chi connectivity index (χ1n) is 4.22. The van der Waals surface area contributed by atoms with Crippen LogP contribution in [-0.2, 0) is 16.6 Å². The molecule has 0 aromatic carbocycles. The average Bonchev–Trinajstić information content (AvgIpc) is 2.32. The van der Waals surface area contributed by atoms with Gasteiger partial charge in [-0.3, -0.25) is 4.79 Å². The fourth-order valence-electron chi connectivity index (χ4n) is 0.844. The van der Waals surface area contributed by atoms with Crippen molar-refractivity contribution in [2.24, 2.45) is 0 Å². The van der Waals surface area contributed by atoms with Crippen LogP contribution >= 0.6 is 11.5 Å². The molecule has 0 amide bonds. The summed E-state index contributed by atoms with van der Waals surface area (Å²) < 4.78 is 4.22. The van der Waals surface area contributed by atoms with Crippen molar-refractivity contribution in [3.8, 4) is 0 Å². The van der Waals surface area contributed by atoms with Gasteiger partial charge in [0.15, 0.2) is 0 Å². The van der Waals surface area contributed by atoms with Gasteiger partial charge in [-0.05, 0) is 18.5 Å². The van der Waals surface area contributed by atoms with Gasteiger partial charge in [0.2, 0.25) is 0 Å². The molecule has 0 unspecified atom stereocenters. The number of Topliss-reactive ketones (excluding diaryl/α,β-unsaturated/α-hetero) is 1. The zero-order valence-electron chi connectivity index (χ0n) is 8.42. The van der Waals surface area contributed by atoms with E-state index in [2.05, 4.69) is 30.1 Å². The highest BCUT2D eigenvalue weighted by molar-refractivity contribution is 7.05. The van der Waals surface area contributed by atoms with Crippen molar-refractivity contribution in [2.45, 2.75) is 39.5 Å². The summed E-state index contributed by atoms with van der Waals surface area (Å²) >= 11 is 1.32. The molecule has 0 fully saturated rings. The first-order valence-corrected chi connectivity index (χ1v) is 4.99. The van der Waals surface area contributed by atoms with Gasteiger partial charge in [-0.1, -0.05) is 20.8 Å². The lowest BCUT2D eigenvalue weighted by Gasteiger charge is -2.12. The van der Waals surface area contributed by atoms with Crippen LogP contribution in [0.2, 0.25) is 0 Å². The summed E-state index contributed by atoms with van der Waals surface area (Å²) in [7, 11) is 0. The van der Waals surface area contributed by atoms with E-state index in [0.29, 0.717) is 6.42 Å². The first-order chi connectivity index (χ1) is 5.89. The van der Waals surface area contributed by atoms with Crippen molar-refractivity contribution in [3.63, 3.8) is 0 Å². The second-order valence-corrected chi connectivity index (χ2v) is 4.98. The molecule has 0 bridgehead atoms. The third-order valence-electron chi connectivity index (χ3n) is 1.54. The van der Waals surface area contributed by atoms with E-state index >= 15 is 0 Å². The first kappa shape index (κ1) is 10.3. The average molecular weight is 198 g/mol. The molecule has 1 aromatic heterocycles. The standard InChI is InChI=1S/C9H14N2OS/c1-6(12)5-7-10-8(11-13-7)9(2,3)4/h5H2,1-4H3. The van der Waals surface area contributed by atoms with Crippen LogP contribution in [-0.4, -0.2) is 15.1 Å². The number of carbonyl (C=O) groups excluding carboxylic acids is 1. The Morgan fingerprint density at radius 1 is 1.46 bits per heavy atom. The van der Waals surface area contributed by atoms with E-state index in [1.54, 1.807) is 6.92 Å². The number of rotatable bonds is 2. The lowest BCUT2D eigenvalue weighted by Crippen LogP contribution is -2.13. The minimum absolute atomic E-state index is 0.0223. The van der Waals surface area contributed by atoms with Crippen LogP contribution in [0.1, 0.15) is 38.5 Å². The molecule has 1 heterocycles. The van der Waals surface area contributed by atoms with Gasteiger partial charge in [-0.15, -0.1) is 0 Å². The summed E-state index contributed by atoms with van der Waals surface area (Å²) in [5.74, 6) is 0.963. The zero-order chi connectivity index (χ0) is 10.1. The third kappa shape index (κ3) is 2.88. The van der Waals surface area contributed by atoms with E-state index in [1.165, 1.54) is 11.5 Å². The molecule has 3 nitrogen and oxygen atoms in total. The Balaban J connectivity index is 2.81. The number of carbonyl (C=O) groups is 1. The maximum Gasteiger partial charge on any atom is 0.147 e. The zero-order valence-corrected chi connectivity index (χ0v) is 9.23. The second kappa shape index (κ2) is 3.54. The third-order valence-corrected chi connectivity index (χ3v) is 2.25. The van der Waals surface area contributed by atoms with Gasteiger partial charge in [-0.2, -0.15) is 4.37 Å². The smallest absolute Gasteiger partial charge is 0.147 e. The number of ketones is 1. The SMILES string of the molecule is CC(=O)Cc1nc(C(C)(C)C)ns1. The molecule has 0 aliphatic carbocycles. The minimum atomic E-state index is -0.0223. The van der Waals surface area contributed by atoms with E-state index < -0.39 is 0 Å². The molecule has 0 radical (unpaired) electrons. The number of hydrogen-bond donors (Lipinski definition) is 0. The van der Waals surface area contributed by atoms with Crippen molar-refractivity contribution in [1.82, 2.24) is 9.36 Å². The molecule has 13 heavy (non-hydrogen) atoms. The largest absolute Gasteiger partial charge is 0.300 e. The molecule has 72 valence electrons. The molecule has 0 aliphatic heterocycles. The minimum Gasteiger partial charge on any atom is -0.300 e. The van der Waals surface area contributed by atoms with E-state index in [0.717, 1.165) is 10.8 Å². The molecule has 4 heteroatoms. The van der Waals surface area contributed by atoms with Crippen molar-refractivity contribution in [3.05, 3.63) is 10.8 Å². The van der Waals surface area contributed by atoms with Gasteiger partial charge in [0.25, 0.3) is 0 Å². The highest BCUT2D eigenvalue weighted by Gasteiger charge is 2.19. The normalized spacial score (nSPS) is 11.7. The Labute approximate surface area is 82.4 Å². The molecule has 1 aromatic rings. The van der Waals surface area contributed by atoms with Crippen LogP contribution in [0.5, 0.6) is 0 Å². The van der Waals surface area contributed by atoms with Crippen LogP contribution in [0.25, 0.3) is 0 Å². The fraction of sp³-hybridized carbons (Fsp3) is 0.667. The molecule has 1 rings (SSSR count). The van der Waals surface area contributed by atoms with Gasteiger partial charge >= 0.3 is 0 Å². The molecule has 0 spiro atoms. The van der Waals surface area contributed by atoms with E-state index in [4.69, 9.17) is 0 Å². The predicted molar refractivity (Wildman–Crippen MR) is 53.0 cm³/mol. The molecule has 0 saturated heterocycles. The number of aromatic nitrogens is 2. The number of hydrogen-bond acceptors (Lipinski definition) is 4. The molecule has 0 saturated carbocycles. The summed E-state index contributed by atoms with van der Waals surface area (Å²) in [4.78, 5) is 15.1. The highest BCUT2D eigenvalue weighted by Crippen LogP contribution is 2.20. The maximum absolute atomic E-state index is 10.8. The van der Waals surface area contributed by atoms with Crippen molar-refractivity contribution < 1.29 is 4.79 Å². The Bertz CT molecular complexity index is 312. The Morgan fingerprint density at radius 2 is 2.08 bits per heavy atom. The lowest BCUT2D eigenvalue weighted by molar-refractivity contribution is -0.116. The van der Waals surface area contributed by atoms with Gasteiger partial charge in [0.1, 0.15) is 16.6 Å². The van der Waals surface area contributed by atoms with Crippen molar-refractivity contribution >= 4 is 17.3 Å². The molecule has 0 N–H and O–H groups in total. The quantitative estimate of drug-likeness (QED) is 0.729. The maximum atomic E-state index is 10.8. The van der Waals surface area contributed by atoms with Gasteiger partial charge in [-0.25, -0.2) is 4.98 Å². The summed E-state index contributed by atoms with van der Waals surface area (Å²) in [5, 5.41) is 0.817. The highest BCUT2D eigenvalue weighted by atomic mass is 32.1. The van der Waals surface area contributed by atoms with E-state index in [9.17, 15) is 4.79 Å². The van der Waals surface area contributed by atoms with Crippen LogP contribution in [0.15, 0.2) is 0 Å². The van der Waals surface area contributed by atoms with Crippen LogP contribution in [0.3, 0.4) is 0 Å². The number of nitrogens with zero attached hydrogens (tertiary/aromatic N) is 2. The van der Waals surface area contributed by atoms with Gasteiger partial charge < -0.3 is 0 Å². The van der Waals surface area contributed by atoms with Crippen molar-refractivity contribution in [1.29, 1.82) is 0 Å². The van der Waals surface area contributed by atoms with Gasteiger partial charge in [0.05, 0.1) is 6.42 Å². The fourth-order valence-corrected chi connectivity index (χ4v) is 1.75. The predicted octanol–water partition coefficient (Wildman–Crippen LogP) is 1.97. The Hall–Kier alpha value is -0.770. The monoisotopic (exact) mass is 198 g/mol. The van der Waals surface area contributed by atoms with E-state index in [1.807, 2.05) is 0 Å². The lowest BCUT2D eigenvalue weighted by atomic mass is 9.96. The Kier molecular flexibility index (Phi) is 2.81. The van der Waals surface area contributed by atoms with Crippen molar-refractivity contribution in [2.75, 3.05) is 0 Å². The van der Waals surface area contributed by atoms with E-state index in [-0.39, 0.29) is 11.2 Å². The van der Waals surface area contributed by atoms with Gasteiger partial charge in [0, 0.05) is 5.41 Å². The summed E-state index contributed by atoms with van der Waals surface area (Å²) in [5.41, 5.74) is -0.0223. The van der Waals surface area contributed by atoms with Crippen LogP contribution in [0, 0.1) is 0 Å². The molecular weight excluding hydrogens is 184 g/mol. The van der Waals surface area contributed by atoms with Crippen LogP contribution in [0.4, 0.5) is 0 Å². The van der Waals surface area contributed by atoms with Crippen LogP contribution < -0.4 is 0 Å². The molecule has 0 aliphatic rings. The summed E-state index contributed by atoms with van der Waals surface area (Å²) in [6.07, 6.45) is 0.410. The topological polar surface area (TPSA) is 42.9 Å². The molecule has 0 atom stereocenters. The molecular formula is C9H14N2OS. The summed E-state index contributed by atoms with van der Waals surface area (Å²) in [6, 6.07) is 0. The summed E-state index contributed by atoms with van der Waals surface area (Å²) in [6.45, 7) is 7.75. The second-order valence-electron chi connectivity index (χ2n) is 4.14. The Morgan fingerprint density at radius 3 is 2.46 bits per heavy atom.